The summed E-state index contributed by atoms with van der Waals surface area (Å²) in [7, 11) is 0. The summed E-state index contributed by atoms with van der Waals surface area (Å²) in [6, 6.07) is 12.8. The molecule has 2 aromatic rings. The van der Waals surface area contributed by atoms with Crippen LogP contribution < -0.4 is 4.74 Å². The number of carbonyl (C=O) groups excluding carboxylic acids is 1. The number of phenols is 1. The highest BCUT2D eigenvalue weighted by atomic mass is 16.5. The number of hydrogen-bond donors (Lipinski definition) is 2. The first kappa shape index (κ1) is 16.3. The number of carboxylic acids is 1. The number of carboxylic acid groups (broad SMARTS) is 1. The molecule has 0 aliphatic heterocycles. The van der Waals surface area contributed by atoms with Gasteiger partial charge in [0.2, 0.25) is 0 Å². The van der Waals surface area contributed by atoms with Crippen molar-refractivity contribution in [2.24, 2.45) is 0 Å². The van der Waals surface area contributed by atoms with Crippen molar-refractivity contribution in [3.63, 3.8) is 0 Å². The second kappa shape index (κ2) is 6.79. The van der Waals surface area contributed by atoms with Crippen molar-refractivity contribution in [3.8, 4) is 11.5 Å². The fraction of sp³-hybridized carbons (Fsp3) is 0.111. The number of ketones is 1. The van der Waals surface area contributed by atoms with Crippen LogP contribution in [0.2, 0.25) is 0 Å². The van der Waals surface area contributed by atoms with E-state index in [-0.39, 0.29) is 28.4 Å². The minimum Gasteiger partial charge on any atom is -0.507 e. The monoisotopic (exact) mass is 312 g/mol. The first-order valence-electron chi connectivity index (χ1n) is 6.91. The van der Waals surface area contributed by atoms with Crippen LogP contribution in [0.3, 0.4) is 0 Å². The van der Waals surface area contributed by atoms with E-state index in [1.54, 1.807) is 30.3 Å². The summed E-state index contributed by atoms with van der Waals surface area (Å²) in [5.41, 5.74) is 0.506. The fourth-order valence-electron chi connectivity index (χ4n) is 1.97. The number of carbonyl (C=O) groups is 2. The van der Waals surface area contributed by atoms with E-state index in [1.165, 1.54) is 25.1 Å². The van der Waals surface area contributed by atoms with Crippen molar-refractivity contribution in [1.82, 2.24) is 0 Å². The molecule has 0 heterocycles. The molecule has 5 heteroatoms. The summed E-state index contributed by atoms with van der Waals surface area (Å²) in [5, 5.41) is 18.9. The summed E-state index contributed by atoms with van der Waals surface area (Å²) < 4.78 is 5.41. The van der Waals surface area contributed by atoms with Crippen LogP contribution >= 0.6 is 0 Å². The van der Waals surface area contributed by atoms with E-state index in [4.69, 9.17) is 9.84 Å². The van der Waals surface area contributed by atoms with E-state index >= 15 is 0 Å². The van der Waals surface area contributed by atoms with Crippen molar-refractivity contribution < 1.29 is 24.5 Å². The van der Waals surface area contributed by atoms with E-state index in [0.29, 0.717) is 5.56 Å². The number of phenolic OH excluding ortho intramolecular Hbond substituents is 1. The Morgan fingerprint density at radius 3 is 2.35 bits per heavy atom. The van der Waals surface area contributed by atoms with Gasteiger partial charge in [-0.05, 0) is 19.1 Å². The fourth-order valence-corrected chi connectivity index (χ4v) is 1.97. The molecule has 1 unspecified atom stereocenters. The quantitative estimate of drug-likeness (QED) is 0.632. The molecule has 2 rings (SSSR count). The van der Waals surface area contributed by atoms with Gasteiger partial charge in [0.05, 0.1) is 11.1 Å². The predicted octanol–water partition coefficient (Wildman–Crippen LogP) is 3.03. The Morgan fingerprint density at radius 1 is 1.13 bits per heavy atom. The Hall–Kier alpha value is -3.08. The van der Waals surface area contributed by atoms with Crippen LogP contribution in [0.15, 0.2) is 60.7 Å². The minimum atomic E-state index is -1.16. The zero-order valence-electron chi connectivity index (χ0n) is 12.5. The molecular formula is C18H16O5. The van der Waals surface area contributed by atoms with Gasteiger partial charge in [-0.1, -0.05) is 36.9 Å². The second-order valence-corrected chi connectivity index (χ2v) is 4.96. The van der Waals surface area contributed by atoms with Gasteiger partial charge in [0, 0.05) is 11.6 Å². The van der Waals surface area contributed by atoms with Crippen LogP contribution in [-0.2, 0) is 4.79 Å². The highest BCUT2D eigenvalue weighted by molar-refractivity contribution is 6.10. The highest BCUT2D eigenvalue weighted by Gasteiger charge is 2.17. The van der Waals surface area contributed by atoms with Gasteiger partial charge in [-0.25, -0.2) is 4.79 Å². The van der Waals surface area contributed by atoms with Crippen molar-refractivity contribution in [2.45, 2.75) is 13.0 Å². The van der Waals surface area contributed by atoms with Gasteiger partial charge in [-0.15, -0.1) is 0 Å². The van der Waals surface area contributed by atoms with Crippen LogP contribution in [0.4, 0.5) is 0 Å². The molecule has 0 saturated heterocycles. The topological polar surface area (TPSA) is 83.8 Å². The van der Waals surface area contributed by atoms with Crippen LogP contribution in [0.1, 0.15) is 22.8 Å². The maximum atomic E-state index is 12.3. The predicted molar refractivity (Wildman–Crippen MR) is 84.8 cm³/mol. The first-order valence-corrected chi connectivity index (χ1v) is 6.91. The lowest BCUT2D eigenvalue weighted by Crippen LogP contribution is -2.20. The van der Waals surface area contributed by atoms with Crippen LogP contribution in [-0.4, -0.2) is 28.1 Å². The van der Waals surface area contributed by atoms with Crippen molar-refractivity contribution in [3.05, 3.63) is 71.8 Å². The Morgan fingerprint density at radius 2 is 1.78 bits per heavy atom. The Kier molecular flexibility index (Phi) is 4.81. The van der Waals surface area contributed by atoms with Gasteiger partial charge >= 0.3 is 5.97 Å². The molecule has 0 bridgehead atoms. The maximum absolute atomic E-state index is 12.3. The van der Waals surface area contributed by atoms with Gasteiger partial charge < -0.3 is 14.9 Å². The molecule has 0 spiro atoms. The zero-order valence-corrected chi connectivity index (χ0v) is 12.5. The lowest BCUT2D eigenvalue weighted by atomic mass is 10.0. The molecule has 0 aliphatic carbocycles. The Labute approximate surface area is 133 Å². The lowest BCUT2D eigenvalue weighted by molar-refractivity contribution is -0.133. The number of aromatic hydroxyl groups is 1. The summed E-state index contributed by atoms with van der Waals surface area (Å²) in [4.78, 5) is 23.1. The van der Waals surface area contributed by atoms with Gasteiger partial charge in [0.25, 0.3) is 0 Å². The minimum absolute atomic E-state index is 0.103. The lowest BCUT2D eigenvalue weighted by Gasteiger charge is -2.15. The van der Waals surface area contributed by atoms with Crippen LogP contribution in [0, 0.1) is 0 Å². The highest BCUT2D eigenvalue weighted by Crippen LogP contribution is 2.27. The molecule has 23 heavy (non-hydrogen) atoms. The zero-order chi connectivity index (χ0) is 17.0. The molecule has 2 aromatic carbocycles. The first-order chi connectivity index (χ1) is 10.9. The SMILES string of the molecule is C=C(C(=O)O)C(C)Oc1ccc(C(=O)c2ccccc2)c(O)c1. The van der Waals surface area contributed by atoms with Gasteiger partial charge in [-0.3, -0.25) is 4.79 Å². The molecule has 5 nitrogen and oxygen atoms in total. The van der Waals surface area contributed by atoms with Crippen molar-refractivity contribution in [1.29, 1.82) is 0 Å². The molecule has 1 atom stereocenters. The van der Waals surface area contributed by atoms with E-state index in [2.05, 4.69) is 6.58 Å². The summed E-state index contributed by atoms with van der Waals surface area (Å²) in [6.45, 7) is 4.96. The Bertz CT molecular complexity index is 749. The maximum Gasteiger partial charge on any atom is 0.334 e. The van der Waals surface area contributed by atoms with Crippen molar-refractivity contribution >= 4 is 11.8 Å². The largest absolute Gasteiger partial charge is 0.507 e. The third-order valence-corrected chi connectivity index (χ3v) is 3.33. The molecule has 118 valence electrons. The molecule has 2 N–H and O–H groups in total. The molecular weight excluding hydrogens is 296 g/mol. The van der Waals surface area contributed by atoms with E-state index in [9.17, 15) is 14.7 Å². The molecule has 0 amide bonds. The standard InChI is InChI=1S/C18H16O5/c1-11(18(21)22)12(2)23-14-8-9-15(16(19)10-14)17(20)13-6-4-3-5-7-13/h3-10,12,19H,1H2,2H3,(H,21,22). The number of aliphatic carboxylic acids is 1. The normalized spacial score (nSPS) is 11.5. The third-order valence-electron chi connectivity index (χ3n) is 3.33. The second-order valence-electron chi connectivity index (χ2n) is 4.96. The average molecular weight is 312 g/mol. The van der Waals surface area contributed by atoms with Gasteiger partial charge in [0.15, 0.2) is 5.78 Å². The molecule has 0 fully saturated rings. The summed E-state index contributed by atoms with van der Waals surface area (Å²) in [5.74, 6) is -1.44. The van der Waals surface area contributed by atoms with Crippen LogP contribution in [0.25, 0.3) is 0 Å². The number of benzene rings is 2. The Balaban J connectivity index is 2.20. The average Bonchev–Trinajstić information content (AvgIpc) is 2.54. The smallest absolute Gasteiger partial charge is 0.334 e. The number of hydrogen-bond acceptors (Lipinski definition) is 4. The third kappa shape index (κ3) is 3.77. The molecule has 0 radical (unpaired) electrons. The van der Waals surface area contributed by atoms with Gasteiger partial charge in [-0.2, -0.15) is 0 Å². The molecule has 0 saturated carbocycles. The van der Waals surface area contributed by atoms with Crippen LogP contribution in [0.5, 0.6) is 11.5 Å². The van der Waals surface area contributed by atoms with E-state index in [1.807, 2.05) is 0 Å². The van der Waals surface area contributed by atoms with Gasteiger partial charge in [0.1, 0.15) is 17.6 Å². The number of rotatable bonds is 6. The molecule has 0 aliphatic rings. The van der Waals surface area contributed by atoms with E-state index < -0.39 is 12.1 Å². The van der Waals surface area contributed by atoms with Crippen molar-refractivity contribution in [2.75, 3.05) is 0 Å². The van der Waals surface area contributed by atoms with E-state index in [0.717, 1.165) is 0 Å². The molecule has 0 aromatic heterocycles. The summed E-state index contributed by atoms with van der Waals surface area (Å²) >= 11 is 0. The summed E-state index contributed by atoms with van der Waals surface area (Å²) in [6.07, 6.45) is -0.762. The number of ether oxygens (including phenoxy) is 1.